The molecule has 19 heavy (non-hydrogen) atoms. The molecule has 0 saturated heterocycles. The Morgan fingerprint density at radius 3 is 2.42 bits per heavy atom. The van der Waals surface area contributed by atoms with Crippen molar-refractivity contribution in [2.75, 3.05) is 11.9 Å². The second kappa shape index (κ2) is 4.81. The van der Waals surface area contributed by atoms with Crippen molar-refractivity contribution in [2.24, 2.45) is 0 Å². The van der Waals surface area contributed by atoms with Gasteiger partial charge in [0.25, 0.3) is 5.91 Å². The zero-order valence-electron chi connectivity index (χ0n) is 10.0. The van der Waals surface area contributed by atoms with Gasteiger partial charge in [-0.3, -0.25) is 4.79 Å². The monoisotopic (exact) mass is 261 g/mol. The Kier molecular flexibility index (Phi) is 3.19. The molecule has 0 bridgehead atoms. The fraction of sp³-hybridized carbons (Fsp3) is 0.0833. The lowest BCUT2D eigenvalue weighted by atomic mass is 10.2. The maximum absolute atomic E-state index is 12.1. The zero-order chi connectivity index (χ0) is 14.0. The Balaban J connectivity index is 2.22. The standard InChI is InChI=1S/C12H11N3O4/c1-14(8-2-4-9(16)5-3-8)12(17)10-6-7-11(13-10)15(18)19/h2-7,13,16H,1H3. The van der Waals surface area contributed by atoms with Gasteiger partial charge in [-0.15, -0.1) is 0 Å². The van der Waals surface area contributed by atoms with Crippen molar-refractivity contribution in [2.45, 2.75) is 0 Å². The number of nitrogens with zero attached hydrogens (tertiary/aromatic N) is 2. The number of phenolic OH excluding ortho intramolecular Hbond substituents is 1. The van der Waals surface area contributed by atoms with Crippen LogP contribution in [0.25, 0.3) is 0 Å². The molecule has 1 amide bonds. The summed E-state index contributed by atoms with van der Waals surface area (Å²) >= 11 is 0. The molecule has 0 aliphatic rings. The topological polar surface area (TPSA) is 99.5 Å². The van der Waals surface area contributed by atoms with E-state index in [-0.39, 0.29) is 17.3 Å². The van der Waals surface area contributed by atoms with Crippen LogP contribution in [0.2, 0.25) is 0 Å². The van der Waals surface area contributed by atoms with Crippen molar-refractivity contribution in [3.63, 3.8) is 0 Å². The van der Waals surface area contributed by atoms with Crippen LogP contribution in [0.4, 0.5) is 11.5 Å². The quantitative estimate of drug-likeness (QED) is 0.651. The van der Waals surface area contributed by atoms with Crippen molar-refractivity contribution in [1.29, 1.82) is 0 Å². The highest BCUT2D eigenvalue weighted by Crippen LogP contribution is 2.19. The summed E-state index contributed by atoms with van der Waals surface area (Å²) in [5.41, 5.74) is 0.697. The number of nitrogens with one attached hydrogen (secondary N) is 1. The van der Waals surface area contributed by atoms with Gasteiger partial charge in [-0.1, -0.05) is 0 Å². The molecule has 0 saturated carbocycles. The van der Waals surface area contributed by atoms with Crippen molar-refractivity contribution in [1.82, 2.24) is 4.98 Å². The average molecular weight is 261 g/mol. The van der Waals surface area contributed by atoms with E-state index in [0.717, 1.165) is 0 Å². The molecule has 2 N–H and O–H groups in total. The third-order valence-electron chi connectivity index (χ3n) is 2.64. The predicted molar refractivity (Wildman–Crippen MR) is 68.3 cm³/mol. The van der Waals surface area contributed by atoms with Gasteiger partial charge in [-0.2, -0.15) is 0 Å². The van der Waals surface area contributed by atoms with Crippen molar-refractivity contribution < 1.29 is 14.8 Å². The fourth-order valence-corrected chi connectivity index (χ4v) is 1.59. The Morgan fingerprint density at radius 1 is 1.26 bits per heavy atom. The van der Waals surface area contributed by atoms with Gasteiger partial charge in [0, 0.05) is 18.8 Å². The van der Waals surface area contributed by atoms with Crippen molar-refractivity contribution >= 4 is 17.4 Å². The van der Waals surface area contributed by atoms with Crippen LogP contribution in [0.3, 0.4) is 0 Å². The van der Waals surface area contributed by atoms with Crippen LogP contribution < -0.4 is 4.90 Å². The number of nitro groups is 1. The summed E-state index contributed by atoms with van der Waals surface area (Å²) < 4.78 is 0. The molecule has 0 radical (unpaired) electrons. The van der Waals surface area contributed by atoms with E-state index in [0.29, 0.717) is 5.69 Å². The summed E-state index contributed by atoms with van der Waals surface area (Å²) in [7, 11) is 1.54. The Morgan fingerprint density at radius 2 is 1.89 bits per heavy atom. The Labute approximate surface area is 108 Å². The van der Waals surface area contributed by atoms with Gasteiger partial charge in [0.1, 0.15) is 5.75 Å². The number of carbonyl (C=O) groups excluding carboxylic acids is 1. The Hall–Kier alpha value is -2.83. The van der Waals surface area contributed by atoms with Crippen LogP contribution in [0.5, 0.6) is 5.75 Å². The molecule has 0 atom stereocenters. The SMILES string of the molecule is CN(C(=O)c1ccc([N+](=O)[O-])[nH]1)c1ccc(O)cc1. The highest BCUT2D eigenvalue weighted by atomic mass is 16.6. The molecule has 98 valence electrons. The third-order valence-corrected chi connectivity index (χ3v) is 2.64. The van der Waals surface area contributed by atoms with Crippen LogP contribution in [-0.2, 0) is 0 Å². The predicted octanol–water partition coefficient (Wildman–Crippen LogP) is 1.91. The maximum Gasteiger partial charge on any atom is 0.321 e. The third kappa shape index (κ3) is 2.54. The Bertz CT molecular complexity index is 618. The number of benzene rings is 1. The second-order valence-corrected chi connectivity index (χ2v) is 3.89. The number of hydrogen-bond donors (Lipinski definition) is 2. The van der Waals surface area contributed by atoms with E-state index in [2.05, 4.69) is 4.98 Å². The molecule has 0 fully saturated rings. The molecular formula is C12H11N3O4. The van der Waals surface area contributed by atoms with E-state index in [1.54, 1.807) is 19.2 Å². The van der Waals surface area contributed by atoms with E-state index < -0.39 is 10.8 Å². The lowest BCUT2D eigenvalue weighted by Gasteiger charge is -2.15. The molecule has 7 heteroatoms. The number of amides is 1. The molecule has 7 nitrogen and oxygen atoms in total. The summed E-state index contributed by atoms with van der Waals surface area (Å²) in [6.45, 7) is 0. The first-order chi connectivity index (χ1) is 8.99. The smallest absolute Gasteiger partial charge is 0.321 e. The minimum Gasteiger partial charge on any atom is -0.508 e. The van der Waals surface area contributed by atoms with E-state index in [9.17, 15) is 20.0 Å². The van der Waals surface area contributed by atoms with Crippen molar-refractivity contribution in [3.05, 3.63) is 52.2 Å². The van der Waals surface area contributed by atoms with E-state index in [1.165, 1.54) is 29.2 Å². The summed E-state index contributed by atoms with van der Waals surface area (Å²) in [4.78, 5) is 25.8. The number of phenols is 1. The largest absolute Gasteiger partial charge is 0.508 e. The molecule has 0 spiro atoms. The molecule has 1 aromatic heterocycles. The van der Waals surface area contributed by atoms with Gasteiger partial charge in [-0.25, -0.2) is 4.98 Å². The lowest BCUT2D eigenvalue weighted by molar-refractivity contribution is -0.389. The normalized spacial score (nSPS) is 10.2. The molecule has 0 aliphatic carbocycles. The van der Waals surface area contributed by atoms with Gasteiger partial charge in [0.15, 0.2) is 5.69 Å². The molecular weight excluding hydrogens is 250 g/mol. The fourth-order valence-electron chi connectivity index (χ4n) is 1.59. The van der Waals surface area contributed by atoms with Gasteiger partial charge in [0.05, 0.1) is 0 Å². The molecule has 0 aliphatic heterocycles. The number of carbonyl (C=O) groups is 1. The van der Waals surface area contributed by atoms with Crippen LogP contribution in [-0.4, -0.2) is 28.0 Å². The maximum atomic E-state index is 12.1. The van der Waals surface area contributed by atoms with Crippen LogP contribution in [0.1, 0.15) is 10.5 Å². The van der Waals surface area contributed by atoms with Gasteiger partial charge in [-0.05, 0) is 35.3 Å². The van der Waals surface area contributed by atoms with Gasteiger partial charge >= 0.3 is 5.82 Å². The number of aromatic amines is 1. The first-order valence-corrected chi connectivity index (χ1v) is 5.39. The lowest BCUT2D eigenvalue weighted by Crippen LogP contribution is -2.26. The van der Waals surface area contributed by atoms with Gasteiger partial charge < -0.3 is 20.1 Å². The van der Waals surface area contributed by atoms with E-state index in [4.69, 9.17) is 0 Å². The minimum absolute atomic E-state index is 0.0973. The number of H-pyrrole nitrogens is 1. The molecule has 1 aromatic carbocycles. The highest BCUT2D eigenvalue weighted by Gasteiger charge is 2.20. The number of anilines is 1. The van der Waals surface area contributed by atoms with E-state index >= 15 is 0 Å². The van der Waals surface area contributed by atoms with Crippen LogP contribution in [0.15, 0.2) is 36.4 Å². The number of aromatic nitrogens is 1. The first kappa shape index (κ1) is 12.6. The molecule has 0 unspecified atom stereocenters. The molecule has 2 rings (SSSR count). The van der Waals surface area contributed by atoms with E-state index in [1.807, 2.05) is 0 Å². The minimum atomic E-state index is -0.600. The zero-order valence-corrected chi connectivity index (χ0v) is 10.0. The van der Waals surface area contributed by atoms with Crippen LogP contribution >= 0.6 is 0 Å². The van der Waals surface area contributed by atoms with Crippen LogP contribution in [0, 0.1) is 10.1 Å². The average Bonchev–Trinajstić information content (AvgIpc) is 2.87. The molecule has 1 heterocycles. The summed E-state index contributed by atoms with van der Waals surface area (Å²) in [6, 6.07) is 8.65. The number of hydrogen-bond acceptors (Lipinski definition) is 4. The second-order valence-electron chi connectivity index (χ2n) is 3.89. The first-order valence-electron chi connectivity index (χ1n) is 5.39. The number of rotatable bonds is 3. The summed E-state index contributed by atoms with van der Waals surface area (Å²) in [5, 5.41) is 19.7. The summed E-state index contributed by atoms with van der Waals surface area (Å²) in [6.07, 6.45) is 0. The highest BCUT2D eigenvalue weighted by molar-refractivity contribution is 6.04. The number of aromatic hydroxyl groups is 1. The molecule has 2 aromatic rings. The van der Waals surface area contributed by atoms with Crippen molar-refractivity contribution in [3.8, 4) is 5.75 Å². The van der Waals surface area contributed by atoms with Gasteiger partial charge in [0.2, 0.25) is 0 Å². The summed E-state index contributed by atoms with van der Waals surface area (Å²) in [5.74, 6) is -0.540.